The summed E-state index contributed by atoms with van der Waals surface area (Å²) in [4.78, 5) is 8.93. The molecular weight excluding hydrogens is 364 g/mol. The topological polar surface area (TPSA) is 67.9 Å². The molecule has 1 N–H and O–H groups in total. The van der Waals surface area contributed by atoms with Gasteiger partial charge in [0.2, 0.25) is 5.89 Å². The van der Waals surface area contributed by atoms with Crippen LogP contribution in [-0.2, 0) is 0 Å². The average Bonchev–Trinajstić information content (AvgIpc) is 3.12. The van der Waals surface area contributed by atoms with Crippen molar-refractivity contribution in [3.8, 4) is 23.0 Å². The molecule has 0 aliphatic carbocycles. The summed E-state index contributed by atoms with van der Waals surface area (Å²) >= 11 is 5.96. The lowest BCUT2D eigenvalue weighted by Gasteiger charge is -2.00. The molecular formula is C21H15ClN2O3. The third-order valence-electron chi connectivity index (χ3n) is 4.03. The minimum atomic E-state index is 0.117. The summed E-state index contributed by atoms with van der Waals surface area (Å²) in [5, 5.41) is 10.4. The van der Waals surface area contributed by atoms with Crippen molar-refractivity contribution in [2.24, 2.45) is 4.99 Å². The van der Waals surface area contributed by atoms with E-state index in [1.807, 2.05) is 42.5 Å². The molecule has 1 aromatic heterocycles. The Kier molecular flexibility index (Phi) is 4.52. The number of phenols is 1. The number of nitrogens with zero attached hydrogens (tertiary/aromatic N) is 2. The fourth-order valence-corrected chi connectivity index (χ4v) is 2.83. The first-order valence-corrected chi connectivity index (χ1v) is 8.58. The Morgan fingerprint density at radius 3 is 2.85 bits per heavy atom. The second kappa shape index (κ2) is 7.13. The van der Waals surface area contributed by atoms with E-state index in [9.17, 15) is 5.11 Å². The lowest BCUT2D eigenvalue weighted by molar-refractivity contribution is 0.415. The van der Waals surface area contributed by atoms with E-state index in [2.05, 4.69) is 9.98 Å². The highest BCUT2D eigenvalue weighted by Crippen LogP contribution is 2.29. The van der Waals surface area contributed by atoms with Crippen LogP contribution in [0.4, 0.5) is 5.69 Å². The van der Waals surface area contributed by atoms with Gasteiger partial charge in [-0.3, -0.25) is 4.99 Å². The number of hydrogen-bond acceptors (Lipinski definition) is 5. The molecule has 134 valence electrons. The third-order valence-corrected chi connectivity index (χ3v) is 4.27. The van der Waals surface area contributed by atoms with Crippen LogP contribution < -0.4 is 4.74 Å². The maximum atomic E-state index is 9.87. The number of aliphatic imine (C=N–C) groups is 1. The summed E-state index contributed by atoms with van der Waals surface area (Å²) in [7, 11) is 1.62. The van der Waals surface area contributed by atoms with Crippen molar-refractivity contribution in [2.45, 2.75) is 0 Å². The smallest absolute Gasteiger partial charge is 0.227 e. The molecule has 0 unspecified atom stereocenters. The van der Waals surface area contributed by atoms with Crippen molar-refractivity contribution in [2.75, 3.05) is 7.11 Å². The van der Waals surface area contributed by atoms with Gasteiger partial charge in [0, 0.05) is 22.4 Å². The first-order chi connectivity index (χ1) is 13.1. The number of rotatable bonds is 4. The van der Waals surface area contributed by atoms with Crippen LogP contribution in [-0.4, -0.2) is 23.4 Å². The Labute approximate surface area is 160 Å². The van der Waals surface area contributed by atoms with Crippen LogP contribution in [0.2, 0.25) is 5.02 Å². The fraction of sp³-hybridized carbons (Fsp3) is 0.0476. The number of oxazole rings is 1. The van der Waals surface area contributed by atoms with Crippen LogP contribution >= 0.6 is 11.6 Å². The van der Waals surface area contributed by atoms with Crippen LogP contribution in [0.25, 0.3) is 22.6 Å². The van der Waals surface area contributed by atoms with Crippen LogP contribution in [0.15, 0.2) is 70.1 Å². The molecule has 6 heteroatoms. The molecule has 27 heavy (non-hydrogen) atoms. The van der Waals surface area contributed by atoms with E-state index in [4.69, 9.17) is 20.8 Å². The van der Waals surface area contributed by atoms with E-state index in [0.717, 1.165) is 11.3 Å². The largest absolute Gasteiger partial charge is 0.507 e. The highest BCUT2D eigenvalue weighted by molar-refractivity contribution is 6.30. The van der Waals surface area contributed by atoms with E-state index in [0.29, 0.717) is 33.3 Å². The fourth-order valence-electron chi connectivity index (χ4n) is 2.65. The summed E-state index contributed by atoms with van der Waals surface area (Å²) in [5.74, 6) is 1.37. The number of aromatic hydroxyl groups is 1. The number of phenolic OH excluding ortho intramolecular Hbond substituents is 1. The number of halogens is 1. The zero-order chi connectivity index (χ0) is 18.8. The van der Waals surface area contributed by atoms with Crippen molar-refractivity contribution in [1.82, 2.24) is 4.98 Å². The van der Waals surface area contributed by atoms with Crippen molar-refractivity contribution in [1.29, 1.82) is 0 Å². The molecule has 5 nitrogen and oxygen atoms in total. The second-order valence-corrected chi connectivity index (χ2v) is 6.30. The van der Waals surface area contributed by atoms with Crippen molar-refractivity contribution in [3.05, 3.63) is 71.2 Å². The number of hydrogen-bond donors (Lipinski definition) is 1. The number of ether oxygens (including phenoxy) is 1. The van der Waals surface area contributed by atoms with Crippen LogP contribution in [0, 0.1) is 0 Å². The van der Waals surface area contributed by atoms with Gasteiger partial charge in [0.25, 0.3) is 0 Å². The zero-order valence-electron chi connectivity index (χ0n) is 14.4. The first kappa shape index (κ1) is 17.1. The van der Waals surface area contributed by atoms with Gasteiger partial charge in [-0.25, -0.2) is 4.98 Å². The normalized spacial score (nSPS) is 11.3. The van der Waals surface area contributed by atoms with Gasteiger partial charge < -0.3 is 14.3 Å². The molecule has 0 amide bonds. The van der Waals surface area contributed by atoms with E-state index in [1.54, 1.807) is 25.5 Å². The number of benzene rings is 3. The lowest BCUT2D eigenvalue weighted by Crippen LogP contribution is -1.83. The number of fused-ring (bicyclic) bond motifs is 1. The third kappa shape index (κ3) is 3.64. The summed E-state index contributed by atoms with van der Waals surface area (Å²) in [5.41, 5.74) is 3.42. The van der Waals surface area contributed by atoms with E-state index >= 15 is 0 Å². The predicted octanol–water partition coefficient (Wildman–Crippen LogP) is 5.61. The van der Waals surface area contributed by atoms with Gasteiger partial charge in [-0.15, -0.1) is 0 Å². The van der Waals surface area contributed by atoms with Gasteiger partial charge in [-0.05, 0) is 54.6 Å². The standard InChI is InChI=1S/C21H15ClN2O3/c1-26-17-4-2-3-13(10-17)21-24-18-11-16(6-8-20(18)27-21)23-12-14-9-15(22)5-7-19(14)25/h2-12,25H,1H3. The monoisotopic (exact) mass is 378 g/mol. The Hall–Kier alpha value is -3.31. The molecule has 0 spiro atoms. The van der Waals surface area contributed by atoms with E-state index in [-0.39, 0.29) is 5.75 Å². The predicted molar refractivity (Wildman–Crippen MR) is 106 cm³/mol. The maximum absolute atomic E-state index is 9.87. The highest BCUT2D eigenvalue weighted by Gasteiger charge is 2.09. The molecule has 0 saturated carbocycles. The van der Waals surface area contributed by atoms with Gasteiger partial charge in [0.1, 0.15) is 17.0 Å². The summed E-state index contributed by atoms with van der Waals surface area (Å²) in [6, 6.07) is 17.8. The minimum absolute atomic E-state index is 0.117. The Balaban J connectivity index is 1.66. The van der Waals surface area contributed by atoms with Crippen molar-refractivity contribution >= 4 is 34.6 Å². The zero-order valence-corrected chi connectivity index (χ0v) is 15.1. The lowest BCUT2D eigenvalue weighted by atomic mass is 10.2. The quantitative estimate of drug-likeness (QED) is 0.468. The summed E-state index contributed by atoms with van der Waals surface area (Å²) in [6.45, 7) is 0. The Bertz CT molecular complexity index is 1150. The SMILES string of the molecule is COc1cccc(-c2nc3cc(N=Cc4cc(Cl)ccc4O)ccc3o2)c1. The summed E-state index contributed by atoms with van der Waals surface area (Å²) < 4.78 is 11.1. The van der Waals surface area contributed by atoms with Crippen LogP contribution in [0.1, 0.15) is 5.56 Å². The molecule has 0 atom stereocenters. The maximum Gasteiger partial charge on any atom is 0.227 e. The molecule has 0 radical (unpaired) electrons. The van der Waals surface area contributed by atoms with Gasteiger partial charge in [-0.1, -0.05) is 17.7 Å². The van der Waals surface area contributed by atoms with Crippen LogP contribution in [0.3, 0.4) is 0 Å². The van der Waals surface area contributed by atoms with Gasteiger partial charge in [0.05, 0.1) is 12.8 Å². The van der Waals surface area contributed by atoms with Gasteiger partial charge in [-0.2, -0.15) is 0 Å². The molecule has 0 bridgehead atoms. The second-order valence-electron chi connectivity index (χ2n) is 5.86. The van der Waals surface area contributed by atoms with Crippen molar-refractivity contribution in [3.63, 3.8) is 0 Å². The van der Waals surface area contributed by atoms with Crippen molar-refractivity contribution < 1.29 is 14.3 Å². The van der Waals surface area contributed by atoms with Gasteiger partial charge in [0.15, 0.2) is 5.58 Å². The molecule has 4 aromatic rings. The average molecular weight is 379 g/mol. The Morgan fingerprint density at radius 2 is 2.00 bits per heavy atom. The molecule has 4 rings (SSSR count). The molecule has 0 aliphatic rings. The van der Waals surface area contributed by atoms with Crippen LogP contribution in [0.5, 0.6) is 11.5 Å². The molecule has 3 aromatic carbocycles. The van der Waals surface area contributed by atoms with Gasteiger partial charge >= 0.3 is 0 Å². The number of aromatic nitrogens is 1. The molecule has 0 aliphatic heterocycles. The Morgan fingerprint density at radius 1 is 1.11 bits per heavy atom. The van der Waals surface area contributed by atoms with E-state index in [1.165, 1.54) is 6.07 Å². The molecule has 1 heterocycles. The molecule has 0 fully saturated rings. The summed E-state index contributed by atoms with van der Waals surface area (Å²) in [6.07, 6.45) is 1.56. The minimum Gasteiger partial charge on any atom is -0.507 e. The molecule has 0 saturated heterocycles. The first-order valence-electron chi connectivity index (χ1n) is 8.20. The highest BCUT2D eigenvalue weighted by atomic mass is 35.5. The van der Waals surface area contributed by atoms with E-state index < -0.39 is 0 Å². The number of methoxy groups -OCH3 is 1.